The minimum Gasteiger partial charge on any atom is -0.494 e. The molecule has 3 aromatic rings. The van der Waals surface area contributed by atoms with Gasteiger partial charge < -0.3 is 14.8 Å². The third kappa shape index (κ3) is 5.39. The van der Waals surface area contributed by atoms with Gasteiger partial charge in [-0.3, -0.25) is 4.79 Å². The zero-order chi connectivity index (χ0) is 20.6. The molecule has 0 saturated carbocycles. The molecule has 0 aromatic heterocycles. The van der Waals surface area contributed by atoms with Crippen molar-refractivity contribution in [3.63, 3.8) is 0 Å². The number of nitrogens with one attached hydrogen (secondary N) is 1. The molecule has 0 bridgehead atoms. The van der Waals surface area contributed by atoms with Crippen LogP contribution in [-0.2, 0) is 18.0 Å². The molecule has 0 aliphatic rings. The normalized spacial score (nSPS) is 10.6. The van der Waals surface area contributed by atoms with Gasteiger partial charge in [-0.05, 0) is 42.8 Å². The van der Waals surface area contributed by atoms with E-state index in [0.29, 0.717) is 24.5 Å². The predicted octanol–water partition coefficient (Wildman–Crippen LogP) is 5.33. The van der Waals surface area contributed by atoms with E-state index in [2.05, 4.69) is 5.32 Å². The van der Waals surface area contributed by atoms with E-state index in [1.165, 1.54) is 6.07 Å². The van der Waals surface area contributed by atoms with E-state index in [1.807, 2.05) is 37.3 Å². The molecule has 0 spiro atoms. The lowest BCUT2D eigenvalue weighted by atomic mass is 10.1. The number of halogens is 2. The van der Waals surface area contributed by atoms with Gasteiger partial charge in [-0.1, -0.05) is 36.4 Å². The molecule has 3 rings (SSSR count). The summed E-state index contributed by atoms with van der Waals surface area (Å²) in [5.74, 6) is -1.71. The summed E-state index contributed by atoms with van der Waals surface area (Å²) >= 11 is 0. The molecule has 0 heterocycles. The molecule has 6 heteroatoms. The summed E-state index contributed by atoms with van der Waals surface area (Å²) in [6.07, 6.45) is 0. The van der Waals surface area contributed by atoms with E-state index in [9.17, 15) is 13.6 Å². The van der Waals surface area contributed by atoms with Gasteiger partial charge >= 0.3 is 0 Å². The van der Waals surface area contributed by atoms with Gasteiger partial charge in [0.05, 0.1) is 19.8 Å². The summed E-state index contributed by atoms with van der Waals surface area (Å²) in [6.45, 7) is 2.94. The number of rotatable bonds is 8. The number of amides is 1. The van der Waals surface area contributed by atoms with Gasteiger partial charge in [-0.25, -0.2) is 8.78 Å². The van der Waals surface area contributed by atoms with Gasteiger partial charge in [0.15, 0.2) is 0 Å². The Balaban J connectivity index is 1.75. The first-order valence-corrected chi connectivity index (χ1v) is 9.21. The van der Waals surface area contributed by atoms with Crippen LogP contribution in [-0.4, -0.2) is 12.5 Å². The lowest BCUT2D eigenvalue weighted by molar-refractivity contribution is 0.101. The van der Waals surface area contributed by atoms with Crippen molar-refractivity contribution in [2.75, 3.05) is 11.9 Å². The first-order chi connectivity index (χ1) is 14.1. The molecule has 0 fully saturated rings. The second-order valence-electron chi connectivity index (χ2n) is 6.28. The highest BCUT2D eigenvalue weighted by atomic mass is 19.1. The maximum absolute atomic E-state index is 13.8. The molecular weight excluding hydrogens is 376 g/mol. The van der Waals surface area contributed by atoms with Crippen molar-refractivity contribution in [2.45, 2.75) is 20.1 Å². The number of hydrogen-bond donors (Lipinski definition) is 1. The Morgan fingerprint density at radius 3 is 2.34 bits per heavy atom. The second-order valence-corrected chi connectivity index (χ2v) is 6.28. The van der Waals surface area contributed by atoms with Crippen molar-refractivity contribution in [3.05, 3.63) is 95.1 Å². The van der Waals surface area contributed by atoms with Crippen LogP contribution in [0.4, 0.5) is 14.5 Å². The Kier molecular flexibility index (Phi) is 6.92. The fourth-order valence-corrected chi connectivity index (χ4v) is 2.79. The molecule has 0 atom stereocenters. The molecule has 1 N–H and O–H groups in total. The average Bonchev–Trinajstić information content (AvgIpc) is 2.73. The van der Waals surface area contributed by atoms with Crippen molar-refractivity contribution >= 4 is 11.6 Å². The Labute approximate surface area is 168 Å². The lowest BCUT2D eigenvalue weighted by Crippen LogP contribution is -2.15. The molecular formula is C23H21F2NO3. The maximum Gasteiger partial charge on any atom is 0.255 e. The fraction of sp³-hybridized carbons (Fsp3) is 0.174. The summed E-state index contributed by atoms with van der Waals surface area (Å²) in [6, 6.07) is 17.9. The van der Waals surface area contributed by atoms with Crippen LogP contribution in [0.3, 0.4) is 0 Å². The van der Waals surface area contributed by atoms with Gasteiger partial charge in [0.1, 0.15) is 23.1 Å². The Morgan fingerprint density at radius 1 is 0.931 bits per heavy atom. The summed E-state index contributed by atoms with van der Waals surface area (Å²) in [5.41, 5.74) is 1.46. The minimum absolute atomic E-state index is 0.222. The molecule has 1 amide bonds. The summed E-state index contributed by atoms with van der Waals surface area (Å²) < 4.78 is 39.0. The predicted molar refractivity (Wildman–Crippen MR) is 107 cm³/mol. The fourth-order valence-electron chi connectivity index (χ4n) is 2.79. The third-order valence-corrected chi connectivity index (χ3v) is 4.19. The van der Waals surface area contributed by atoms with E-state index in [1.54, 1.807) is 18.2 Å². The number of anilines is 1. The molecule has 150 valence electrons. The van der Waals surface area contributed by atoms with Crippen molar-refractivity contribution in [1.82, 2.24) is 0 Å². The number of hydrogen-bond acceptors (Lipinski definition) is 3. The standard InChI is InChI=1S/C23H21F2NO3/c1-2-29-21-12-11-17(23(27)26-22-19(24)9-6-10-20(22)25)13-18(21)15-28-14-16-7-4-3-5-8-16/h3-13H,2,14-15H2,1H3,(H,26,27). The molecule has 0 aliphatic heterocycles. The highest BCUT2D eigenvalue weighted by Crippen LogP contribution is 2.24. The van der Waals surface area contributed by atoms with E-state index in [-0.39, 0.29) is 12.2 Å². The van der Waals surface area contributed by atoms with Crippen LogP contribution in [0.2, 0.25) is 0 Å². The molecule has 3 aromatic carbocycles. The number of carbonyl (C=O) groups excluding carboxylic acids is 1. The van der Waals surface area contributed by atoms with Crippen LogP contribution in [0.5, 0.6) is 5.75 Å². The van der Waals surface area contributed by atoms with E-state index < -0.39 is 23.2 Å². The largest absolute Gasteiger partial charge is 0.494 e. The molecule has 0 saturated heterocycles. The van der Waals surface area contributed by atoms with Crippen LogP contribution in [0.15, 0.2) is 66.7 Å². The van der Waals surface area contributed by atoms with Gasteiger partial charge in [-0.15, -0.1) is 0 Å². The number of benzene rings is 3. The molecule has 29 heavy (non-hydrogen) atoms. The third-order valence-electron chi connectivity index (χ3n) is 4.19. The van der Waals surface area contributed by atoms with Crippen molar-refractivity contribution < 1.29 is 23.0 Å². The maximum atomic E-state index is 13.8. The first kappa shape index (κ1) is 20.5. The van der Waals surface area contributed by atoms with Crippen molar-refractivity contribution in [1.29, 1.82) is 0 Å². The van der Waals surface area contributed by atoms with Crippen LogP contribution in [0.1, 0.15) is 28.4 Å². The number of ether oxygens (including phenoxy) is 2. The quantitative estimate of drug-likeness (QED) is 0.559. The van der Waals surface area contributed by atoms with Gasteiger partial charge in [0.2, 0.25) is 0 Å². The van der Waals surface area contributed by atoms with E-state index in [0.717, 1.165) is 17.7 Å². The van der Waals surface area contributed by atoms with Crippen LogP contribution in [0, 0.1) is 11.6 Å². The Bertz CT molecular complexity index is 957. The van der Waals surface area contributed by atoms with E-state index in [4.69, 9.17) is 9.47 Å². The second kappa shape index (κ2) is 9.80. The highest BCUT2D eigenvalue weighted by molar-refractivity contribution is 6.04. The zero-order valence-electron chi connectivity index (χ0n) is 16.0. The topological polar surface area (TPSA) is 47.6 Å². The van der Waals surface area contributed by atoms with Crippen LogP contribution < -0.4 is 10.1 Å². The smallest absolute Gasteiger partial charge is 0.255 e. The van der Waals surface area contributed by atoms with Gasteiger partial charge in [0.25, 0.3) is 5.91 Å². The van der Waals surface area contributed by atoms with Crippen LogP contribution in [0.25, 0.3) is 0 Å². The lowest BCUT2D eigenvalue weighted by Gasteiger charge is -2.13. The Hall–Kier alpha value is -3.25. The van der Waals surface area contributed by atoms with E-state index >= 15 is 0 Å². The Morgan fingerprint density at radius 2 is 1.66 bits per heavy atom. The van der Waals surface area contributed by atoms with Crippen molar-refractivity contribution in [3.8, 4) is 5.75 Å². The van der Waals surface area contributed by atoms with Crippen LogP contribution >= 0.6 is 0 Å². The molecule has 4 nitrogen and oxygen atoms in total. The summed E-state index contributed by atoms with van der Waals surface area (Å²) in [7, 11) is 0. The number of para-hydroxylation sites is 1. The van der Waals surface area contributed by atoms with Crippen molar-refractivity contribution in [2.24, 2.45) is 0 Å². The summed E-state index contributed by atoms with van der Waals surface area (Å²) in [4.78, 5) is 12.5. The highest BCUT2D eigenvalue weighted by Gasteiger charge is 2.15. The molecule has 0 radical (unpaired) electrons. The minimum atomic E-state index is -0.837. The monoisotopic (exact) mass is 397 g/mol. The number of carbonyl (C=O) groups is 1. The average molecular weight is 397 g/mol. The first-order valence-electron chi connectivity index (χ1n) is 9.21. The SMILES string of the molecule is CCOc1ccc(C(=O)Nc2c(F)cccc2F)cc1COCc1ccccc1. The summed E-state index contributed by atoms with van der Waals surface area (Å²) in [5, 5.41) is 2.28. The molecule has 0 aliphatic carbocycles. The van der Waals surface area contributed by atoms with Gasteiger partial charge in [-0.2, -0.15) is 0 Å². The molecule has 0 unspecified atom stereocenters. The zero-order valence-corrected chi connectivity index (χ0v) is 16.0. The van der Waals surface area contributed by atoms with Gasteiger partial charge in [0, 0.05) is 11.1 Å².